The third-order valence-electron chi connectivity index (χ3n) is 4.34. The Morgan fingerprint density at radius 1 is 1.30 bits per heavy atom. The Morgan fingerprint density at radius 3 is 2.60 bits per heavy atom. The van der Waals surface area contributed by atoms with Gasteiger partial charge in [0.2, 0.25) is 0 Å². The van der Waals surface area contributed by atoms with Gasteiger partial charge in [-0.25, -0.2) is 8.78 Å². The van der Waals surface area contributed by atoms with E-state index < -0.39 is 11.6 Å². The van der Waals surface area contributed by atoms with E-state index in [1.807, 2.05) is 0 Å². The molecule has 1 aromatic carbocycles. The lowest BCUT2D eigenvalue weighted by Gasteiger charge is -2.29. The van der Waals surface area contributed by atoms with E-state index >= 15 is 0 Å². The minimum atomic E-state index is -0.882. The number of benzene rings is 1. The van der Waals surface area contributed by atoms with E-state index in [2.05, 4.69) is 19.2 Å². The van der Waals surface area contributed by atoms with Crippen LogP contribution in [-0.2, 0) is 0 Å². The summed E-state index contributed by atoms with van der Waals surface area (Å²) in [5.74, 6) is -0.691. The number of hydrogen-bond acceptors (Lipinski definition) is 1. The molecule has 0 aliphatic heterocycles. The molecule has 1 aliphatic rings. The first-order valence-electron chi connectivity index (χ1n) is 7.42. The first-order chi connectivity index (χ1) is 9.54. The molecule has 0 saturated heterocycles. The van der Waals surface area contributed by atoms with E-state index in [0.29, 0.717) is 22.4 Å². The summed E-state index contributed by atoms with van der Waals surface area (Å²) in [6, 6.07) is 2.36. The molecule has 1 fully saturated rings. The van der Waals surface area contributed by atoms with E-state index in [1.54, 1.807) is 0 Å². The van der Waals surface area contributed by atoms with Crippen LogP contribution in [0, 0.1) is 23.5 Å². The van der Waals surface area contributed by atoms with Gasteiger partial charge in [-0.3, -0.25) is 0 Å². The fourth-order valence-electron chi connectivity index (χ4n) is 3.24. The quantitative estimate of drug-likeness (QED) is 0.747. The zero-order valence-corrected chi connectivity index (χ0v) is 12.8. The summed E-state index contributed by atoms with van der Waals surface area (Å²) in [6.07, 6.45) is 4.49. The molecule has 1 N–H and O–H groups in total. The van der Waals surface area contributed by atoms with Gasteiger partial charge in [0.1, 0.15) is 0 Å². The number of rotatable bonds is 5. The summed E-state index contributed by atoms with van der Waals surface area (Å²) in [5, 5.41) is 3.79. The summed E-state index contributed by atoms with van der Waals surface area (Å²) in [7, 11) is 0. The van der Waals surface area contributed by atoms with Crippen LogP contribution in [0.4, 0.5) is 8.78 Å². The molecule has 0 aromatic heterocycles. The molecule has 3 unspecified atom stereocenters. The van der Waals surface area contributed by atoms with Gasteiger partial charge in [-0.05, 0) is 48.9 Å². The predicted octanol–water partition coefficient (Wildman–Crippen LogP) is 5.10. The van der Waals surface area contributed by atoms with Crippen molar-refractivity contribution < 1.29 is 8.78 Å². The van der Waals surface area contributed by atoms with Crippen LogP contribution in [-0.4, -0.2) is 6.54 Å². The van der Waals surface area contributed by atoms with Gasteiger partial charge < -0.3 is 5.32 Å². The maximum absolute atomic E-state index is 13.6. The number of nitrogens with one attached hydrogen (secondary N) is 1. The molecular weight excluding hydrogens is 280 g/mol. The first kappa shape index (κ1) is 15.7. The van der Waals surface area contributed by atoms with Crippen LogP contribution in [0.1, 0.15) is 51.1 Å². The molecule has 0 spiro atoms. The van der Waals surface area contributed by atoms with Gasteiger partial charge in [-0.15, -0.1) is 0 Å². The third-order valence-corrected chi connectivity index (χ3v) is 4.67. The predicted molar refractivity (Wildman–Crippen MR) is 78.9 cm³/mol. The molecule has 3 atom stereocenters. The van der Waals surface area contributed by atoms with Gasteiger partial charge >= 0.3 is 0 Å². The van der Waals surface area contributed by atoms with E-state index in [4.69, 9.17) is 11.6 Å². The Bertz CT molecular complexity index is 464. The third kappa shape index (κ3) is 3.32. The summed E-state index contributed by atoms with van der Waals surface area (Å²) < 4.78 is 26.8. The van der Waals surface area contributed by atoms with E-state index in [-0.39, 0.29) is 6.04 Å². The SMILES string of the molecule is CCCNC(c1cc(F)c(F)cc1Cl)C1CCCC1C. The van der Waals surface area contributed by atoms with Gasteiger partial charge in [0.15, 0.2) is 11.6 Å². The molecule has 0 radical (unpaired) electrons. The summed E-state index contributed by atoms with van der Waals surface area (Å²) in [5.41, 5.74) is 0.692. The molecule has 112 valence electrons. The highest BCUT2D eigenvalue weighted by atomic mass is 35.5. The maximum atomic E-state index is 13.6. The van der Waals surface area contributed by atoms with Crippen LogP contribution in [0.15, 0.2) is 12.1 Å². The van der Waals surface area contributed by atoms with Gasteiger partial charge in [0.05, 0.1) is 0 Å². The number of halogens is 3. The maximum Gasteiger partial charge on any atom is 0.160 e. The molecule has 1 aromatic rings. The average molecular weight is 302 g/mol. The van der Waals surface area contributed by atoms with Crippen molar-refractivity contribution in [2.45, 2.75) is 45.6 Å². The largest absolute Gasteiger partial charge is 0.310 e. The second-order valence-corrected chi connectivity index (χ2v) is 6.20. The lowest BCUT2D eigenvalue weighted by Crippen LogP contribution is -2.30. The molecule has 0 heterocycles. The highest BCUT2D eigenvalue weighted by Gasteiger charge is 2.33. The van der Waals surface area contributed by atoms with Crippen molar-refractivity contribution in [2.24, 2.45) is 11.8 Å². The van der Waals surface area contributed by atoms with Gasteiger partial charge in [0, 0.05) is 11.1 Å². The Kier molecular flexibility index (Phi) is 5.39. The molecule has 1 aliphatic carbocycles. The molecule has 20 heavy (non-hydrogen) atoms. The highest BCUT2D eigenvalue weighted by molar-refractivity contribution is 6.31. The molecule has 1 nitrogen and oxygen atoms in total. The van der Waals surface area contributed by atoms with Crippen molar-refractivity contribution in [3.05, 3.63) is 34.4 Å². The molecular formula is C16H22ClF2N. The van der Waals surface area contributed by atoms with E-state index in [1.165, 1.54) is 18.9 Å². The van der Waals surface area contributed by atoms with Crippen molar-refractivity contribution >= 4 is 11.6 Å². The van der Waals surface area contributed by atoms with E-state index in [0.717, 1.165) is 25.5 Å². The monoisotopic (exact) mass is 301 g/mol. The first-order valence-corrected chi connectivity index (χ1v) is 7.80. The van der Waals surface area contributed by atoms with Gasteiger partial charge in [-0.1, -0.05) is 38.3 Å². The van der Waals surface area contributed by atoms with Crippen LogP contribution >= 0.6 is 11.6 Å². The van der Waals surface area contributed by atoms with Crippen LogP contribution in [0.25, 0.3) is 0 Å². The summed E-state index contributed by atoms with van der Waals surface area (Å²) >= 11 is 6.15. The van der Waals surface area contributed by atoms with Crippen molar-refractivity contribution in [1.29, 1.82) is 0 Å². The Hall–Kier alpha value is -0.670. The van der Waals surface area contributed by atoms with Crippen molar-refractivity contribution in [1.82, 2.24) is 5.32 Å². The molecule has 0 bridgehead atoms. The van der Waals surface area contributed by atoms with Crippen LogP contribution in [0.2, 0.25) is 5.02 Å². The Morgan fingerprint density at radius 2 is 2.00 bits per heavy atom. The average Bonchev–Trinajstić information content (AvgIpc) is 2.82. The van der Waals surface area contributed by atoms with Gasteiger partial charge in [0.25, 0.3) is 0 Å². The van der Waals surface area contributed by atoms with Crippen molar-refractivity contribution in [3.8, 4) is 0 Å². The summed E-state index contributed by atoms with van der Waals surface area (Å²) in [4.78, 5) is 0. The second kappa shape index (κ2) is 6.86. The Labute approximate surface area is 124 Å². The molecule has 2 rings (SSSR count). The summed E-state index contributed by atoms with van der Waals surface area (Å²) in [6.45, 7) is 5.17. The topological polar surface area (TPSA) is 12.0 Å². The van der Waals surface area contributed by atoms with Crippen LogP contribution in [0.5, 0.6) is 0 Å². The zero-order valence-electron chi connectivity index (χ0n) is 12.1. The van der Waals surface area contributed by atoms with Crippen LogP contribution in [0.3, 0.4) is 0 Å². The molecule has 1 saturated carbocycles. The van der Waals surface area contributed by atoms with Crippen molar-refractivity contribution in [2.75, 3.05) is 6.54 Å². The lowest BCUT2D eigenvalue weighted by molar-refractivity contribution is 0.301. The normalized spacial score (nSPS) is 24.1. The smallest absolute Gasteiger partial charge is 0.160 e. The highest BCUT2D eigenvalue weighted by Crippen LogP contribution is 2.42. The number of hydrogen-bond donors (Lipinski definition) is 1. The zero-order chi connectivity index (χ0) is 14.7. The minimum Gasteiger partial charge on any atom is -0.310 e. The second-order valence-electron chi connectivity index (χ2n) is 5.79. The lowest BCUT2D eigenvalue weighted by atomic mass is 9.85. The Balaban J connectivity index is 2.32. The van der Waals surface area contributed by atoms with E-state index in [9.17, 15) is 8.78 Å². The fraction of sp³-hybridized carbons (Fsp3) is 0.625. The van der Waals surface area contributed by atoms with Crippen LogP contribution < -0.4 is 5.32 Å². The van der Waals surface area contributed by atoms with Gasteiger partial charge in [-0.2, -0.15) is 0 Å². The molecule has 0 amide bonds. The molecule has 4 heteroatoms. The van der Waals surface area contributed by atoms with Crippen molar-refractivity contribution in [3.63, 3.8) is 0 Å². The standard InChI is InChI=1S/C16H22ClF2N/c1-3-7-20-16(11-6-4-5-10(11)2)12-8-14(18)15(19)9-13(12)17/h8-11,16,20H,3-7H2,1-2H3. The minimum absolute atomic E-state index is 0.00931. The fourth-order valence-corrected chi connectivity index (χ4v) is 3.51.